The molecule has 0 unspecified atom stereocenters. The van der Waals surface area contributed by atoms with E-state index in [0.29, 0.717) is 21.7 Å². The Bertz CT molecular complexity index is 1300. The monoisotopic (exact) mass is 511 g/mol. The molecule has 1 N–H and O–H groups in total. The number of carbonyl (C=O) groups excluding carboxylic acids is 1. The van der Waals surface area contributed by atoms with Gasteiger partial charge in [-0.3, -0.25) is 9.48 Å². The Kier molecular flexibility index (Phi) is 6.88. The lowest BCUT2D eigenvalue weighted by molar-refractivity contribution is 0.0992. The highest BCUT2D eigenvalue weighted by molar-refractivity contribution is 6.36. The molecule has 170 valence electrons. The van der Waals surface area contributed by atoms with Crippen molar-refractivity contribution < 1.29 is 22.7 Å². The minimum atomic E-state index is -0.845. The van der Waals surface area contributed by atoms with Gasteiger partial charge in [0.1, 0.15) is 23.2 Å². The lowest BCUT2D eigenvalue weighted by Crippen LogP contribution is -2.12. The van der Waals surface area contributed by atoms with E-state index in [1.54, 1.807) is 18.2 Å². The Hall–Kier alpha value is -3.07. The van der Waals surface area contributed by atoms with E-state index in [9.17, 15) is 13.6 Å². The fourth-order valence-electron chi connectivity index (χ4n) is 2.90. The van der Waals surface area contributed by atoms with Crippen LogP contribution in [0.5, 0.6) is 5.75 Å². The first kappa shape index (κ1) is 23.1. The third-order valence-corrected chi connectivity index (χ3v) is 5.46. The van der Waals surface area contributed by atoms with E-state index in [0.717, 1.165) is 12.1 Å². The van der Waals surface area contributed by atoms with Crippen LogP contribution >= 0.6 is 34.8 Å². The molecule has 0 bridgehead atoms. The molecule has 2 heterocycles. The molecule has 0 aliphatic heterocycles. The van der Waals surface area contributed by atoms with Crippen molar-refractivity contribution in [3.8, 4) is 5.75 Å². The van der Waals surface area contributed by atoms with Crippen molar-refractivity contribution in [1.82, 2.24) is 9.78 Å². The van der Waals surface area contributed by atoms with Gasteiger partial charge in [-0.1, -0.05) is 40.9 Å². The van der Waals surface area contributed by atoms with Crippen LogP contribution in [0.3, 0.4) is 0 Å². The van der Waals surface area contributed by atoms with Crippen LogP contribution in [0.15, 0.2) is 59.1 Å². The lowest BCUT2D eigenvalue weighted by atomic mass is 10.2. The van der Waals surface area contributed by atoms with Crippen LogP contribution in [-0.2, 0) is 13.2 Å². The number of hydrogen-bond acceptors (Lipinski definition) is 4. The normalized spacial score (nSPS) is 10.9. The predicted octanol–water partition coefficient (Wildman–Crippen LogP) is 6.59. The zero-order valence-corrected chi connectivity index (χ0v) is 18.9. The maximum atomic E-state index is 13.7. The van der Waals surface area contributed by atoms with Gasteiger partial charge in [-0.15, -0.1) is 0 Å². The molecule has 0 saturated carbocycles. The van der Waals surface area contributed by atoms with E-state index >= 15 is 0 Å². The highest BCUT2D eigenvalue weighted by Gasteiger charge is 2.17. The van der Waals surface area contributed by atoms with Crippen LogP contribution in [0.4, 0.5) is 14.6 Å². The van der Waals surface area contributed by atoms with Crippen molar-refractivity contribution in [2.24, 2.45) is 0 Å². The molecule has 1 amide bonds. The van der Waals surface area contributed by atoms with Gasteiger partial charge in [0.15, 0.2) is 23.1 Å². The van der Waals surface area contributed by atoms with Crippen LogP contribution < -0.4 is 10.1 Å². The molecule has 0 aliphatic carbocycles. The molecule has 0 fully saturated rings. The second kappa shape index (κ2) is 9.82. The summed E-state index contributed by atoms with van der Waals surface area (Å²) in [7, 11) is 0. The molecule has 2 aromatic heterocycles. The molecule has 0 radical (unpaired) electrons. The van der Waals surface area contributed by atoms with Crippen LogP contribution in [0.25, 0.3) is 0 Å². The molecular weight excluding hydrogens is 499 g/mol. The van der Waals surface area contributed by atoms with Crippen molar-refractivity contribution in [3.63, 3.8) is 0 Å². The van der Waals surface area contributed by atoms with E-state index in [1.807, 2.05) is 0 Å². The second-order valence-corrected chi connectivity index (χ2v) is 8.03. The number of carbonyl (C=O) groups is 1. The third kappa shape index (κ3) is 5.47. The van der Waals surface area contributed by atoms with Crippen molar-refractivity contribution >= 4 is 46.5 Å². The highest BCUT2D eigenvalue weighted by Crippen LogP contribution is 2.27. The number of halogens is 5. The number of furan rings is 1. The summed E-state index contributed by atoms with van der Waals surface area (Å²) in [6.07, 6.45) is 1.52. The average molecular weight is 513 g/mol. The van der Waals surface area contributed by atoms with Gasteiger partial charge in [0, 0.05) is 27.9 Å². The number of benzene rings is 2. The van der Waals surface area contributed by atoms with Gasteiger partial charge in [-0.05, 0) is 36.4 Å². The number of nitrogens with one attached hydrogen (secondary N) is 1. The quantitative estimate of drug-likeness (QED) is 0.303. The minimum Gasteiger partial charge on any atom is -0.483 e. The third-order valence-electron chi connectivity index (χ3n) is 4.48. The Morgan fingerprint density at radius 1 is 1.06 bits per heavy atom. The molecule has 4 rings (SSSR count). The summed E-state index contributed by atoms with van der Waals surface area (Å²) < 4.78 is 38.8. The topological polar surface area (TPSA) is 69.3 Å². The number of amides is 1. The van der Waals surface area contributed by atoms with E-state index in [2.05, 4.69) is 10.4 Å². The van der Waals surface area contributed by atoms with E-state index in [4.69, 9.17) is 44.0 Å². The first-order chi connectivity index (χ1) is 15.8. The van der Waals surface area contributed by atoms with Crippen molar-refractivity contribution in [1.29, 1.82) is 0 Å². The van der Waals surface area contributed by atoms with Crippen molar-refractivity contribution in [2.75, 3.05) is 5.32 Å². The first-order valence-electron chi connectivity index (χ1n) is 9.44. The highest BCUT2D eigenvalue weighted by atomic mass is 35.5. The number of aromatic nitrogens is 2. The summed E-state index contributed by atoms with van der Waals surface area (Å²) in [6, 6.07) is 11.0. The summed E-state index contributed by atoms with van der Waals surface area (Å²) in [5, 5.41) is 7.97. The smallest absolute Gasteiger partial charge is 0.292 e. The van der Waals surface area contributed by atoms with Gasteiger partial charge in [0.05, 0.1) is 6.54 Å². The fourth-order valence-corrected chi connectivity index (χ4v) is 3.61. The molecular formula is C22H14Cl3F2N3O3. The molecule has 33 heavy (non-hydrogen) atoms. The summed E-state index contributed by atoms with van der Waals surface area (Å²) in [4.78, 5) is 12.5. The molecule has 2 aromatic carbocycles. The summed E-state index contributed by atoms with van der Waals surface area (Å²) >= 11 is 18.6. The molecule has 0 atom stereocenters. The van der Waals surface area contributed by atoms with Gasteiger partial charge in [-0.2, -0.15) is 5.10 Å². The maximum absolute atomic E-state index is 13.7. The average Bonchev–Trinajstić information content (AvgIpc) is 3.37. The Morgan fingerprint density at radius 2 is 1.82 bits per heavy atom. The van der Waals surface area contributed by atoms with E-state index < -0.39 is 17.5 Å². The summed E-state index contributed by atoms with van der Waals surface area (Å²) in [5.41, 5.74) is 0.658. The van der Waals surface area contributed by atoms with Gasteiger partial charge in [0.2, 0.25) is 0 Å². The van der Waals surface area contributed by atoms with Crippen molar-refractivity contribution in [3.05, 3.63) is 98.5 Å². The standard InChI is InChI=1S/C22H14Cl3F2N3O3/c23-15-2-1-3-16(24)14(15)9-30-10-17(25)21(29-30)28-22(31)20-7-5-13(33-20)11-32-19-6-4-12(26)8-18(19)27/h1-8,10H,9,11H2,(H,28,29,31). The number of hydrogen-bond donors (Lipinski definition) is 1. The van der Waals surface area contributed by atoms with E-state index in [-0.39, 0.29) is 41.3 Å². The van der Waals surface area contributed by atoms with E-state index in [1.165, 1.54) is 23.0 Å². The summed E-state index contributed by atoms with van der Waals surface area (Å²) in [5.74, 6) is -1.96. The number of nitrogens with zero attached hydrogens (tertiary/aromatic N) is 2. The molecule has 0 aliphatic rings. The summed E-state index contributed by atoms with van der Waals surface area (Å²) in [6.45, 7) is 0.0834. The molecule has 4 aromatic rings. The van der Waals surface area contributed by atoms with Gasteiger partial charge in [0.25, 0.3) is 5.91 Å². The molecule has 0 saturated heterocycles. The number of anilines is 1. The zero-order valence-electron chi connectivity index (χ0n) is 16.6. The minimum absolute atomic E-state index is 0.0343. The largest absolute Gasteiger partial charge is 0.483 e. The van der Waals surface area contributed by atoms with Gasteiger partial charge in [-0.25, -0.2) is 8.78 Å². The number of ether oxygens (including phenoxy) is 1. The zero-order chi connectivity index (χ0) is 23.5. The Balaban J connectivity index is 1.40. The van der Waals surface area contributed by atoms with Crippen LogP contribution in [0.2, 0.25) is 15.1 Å². The number of rotatable bonds is 7. The molecule has 0 spiro atoms. The van der Waals surface area contributed by atoms with Gasteiger partial charge >= 0.3 is 0 Å². The second-order valence-electron chi connectivity index (χ2n) is 6.81. The van der Waals surface area contributed by atoms with Crippen LogP contribution in [-0.4, -0.2) is 15.7 Å². The van der Waals surface area contributed by atoms with Crippen molar-refractivity contribution in [2.45, 2.75) is 13.2 Å². The maximum Gasteiger partial charge on any atom is 0.292 e. The first-order valence-corrected chi connectivity index (χ1v) is 10.6. The fraction of sp³-hybridized carbons (Fsp3) is 0.0909. The molecule has 11 heteroatoms. The SMILES string of the molecule is O=C(Nc1nn(Cc2c(Cl)cccc2Cl)cc1Cl)c1ccc(COc2ccc(F)cc2F)o1. The van der Waals surface area contributed by atoms with Crippen LogP contribution in [0.1, 0.15) is 21.9 Å². The van der Waals surface area contributed by atoms with Gasteiger partial charge < -0.3 is 14.5 Å². The predicted molar refractivity (Wildman–Crippen MR) is 120 cm³/mol. The van der Waals surface area contributed by atoms with Crippen LogP contribution in [0, 0.1) is 11.6 Å². The molecule has 6 nitrogen and oxygen atoms in total. The Labute approximate surface area is 201 Å². The Morgan fingerprint density at radius 3 is 2.55 bits per heavy atom. The lowest BCUT2D eigenvalue weighted by Gasteiger charge is -2.06.